The molecule has 0 radical (unpaired) electrons. The number of carboxylic acid groups (broad SMARTS) is 2. The minimum atomic E-state index is -0.902. The van der Waals surface area contributed by atoms with Crippen molar-refractivity contribution in [1.82, 2.24) is 0 Å². The van der Waals surface area contributed by atoms with E-state index in [9.17, 15) is 19.8 Å². The lowest BCUT2D eigenvalue weighted by Gasteiger charge is -2.15. The van der Waals surface area contributed by atoms with Crippen molar-refractivity contribution in [2.45, 2.75) is 25.7 Å². The van der Waals surface area contributed by atoms with E-state index < -0.39 is 11.9 Å². The summed E-state index contributed by atoms with van der Waals surface area (Å²) < 4.78 is 42.4. The third kappa shape index (κ3) is 11.6. The number of ether oxygens (including phenoxy) is 8. The summed E-state index contributed by atoms with van der Waals surface area (Å²) in [5.41, 5.74) is 5.01. The first-order chi connectivity index (χ1) is 24.0. The predicted molar refractivity (Wildman–Crippen MR) is 194 cm³/mol. The minimum absolute atomic E-state index is 0. The Morgan fingerprint density at radius 2 is 0.654 bits per heavy atom. The number of hydrogen-bond acceptors (Lipinski definition) is 10. The lowest BCUT2D eigenvalue weighted by molar-refractivity contribution is -0.137. The van der Waals surface area contributed by atoms with Crippen molar-refractivity contribution in [2.24, 2.45) is 0 Å². The second kappa shape index (κ2) is 21.4. The first-order valence-electron chi connectivity index (χ1n) is 15.4. The molecule has 14 nitrogen and oxygen atoms in total. The summed E-state index contributed by atoms with van der Waals surface area (Å²) in [7, 11) is 12.5. The van der Waals surface area contributed by atoms with Crippen LogP contribution in [0.15, 0.2) is 60.7 Å². The quantitative estimate of drug-likeness (QED) is 0.166. The van der Waals surface area contributed by atoms with E-state index in [0.717, 1.165) is 22.3 Å². The molecule has 52 heavy (non-hydrogen) atoms. The van der Waals surface area contributed by atoms with Crippen LogP contribution < -0.4 is 37.9 Å². The van der Waals surface area contributed by atoms with E-state index in [1.165, 1.54) is 14.2 Å². The van der Waals surface area contributed by atoms with Crippen molar-refractivity contribution in [3.8, 4) is 46.0 Å². The van der Waals surface area contributed by atoms with E-state index in [0.29, 0.717) is 70.0 Å². The molecule has 0 amide bonds. The molecular formula is C38H48O14. The van der Waals surface area contributed by atoms with Crippen LogP contribution in [0.3, 0.4) is 0 Å². The maximum absolute atomic E-state index is 11.2. The highest BCUT2D eigenvalue weighted by molar-refractivity contribution is 5.72. The second-order valence-electron chi connectivity index (χ2n) is 10.8. The molecule has 0 fully saturated rings. The lowest BCUT2D eigenvalue weighted by Crippen LogP contribution is -2.06. The average Bonchev–Trinajstić information content (AvgIpc) is 3.12. The largest absolute Gasteiger partial charge is 0.493 e. The maximum Gasteiger partial charge on any atom is 0.307 e. The monoisotopic (exact) mass is 728 g/mol. The Bertz CT molecular complexity index is 1640. The zero-order valence-corrected chi connectivity index (χ0v) is 30.6. The van der Waals surface area contributed by atoms with E-state index in [4.69, 9.17) is 37.9 Å². The number of carbonyl (C=O) groups is 2. The summed E-state index contributed by atoms with van der Waals surface area (Å²) in [6, 6.07) is 18.3. The third-order valence-corrected chi connectivity index (χ3v) is 7.78. The summed E-state index contributed by atoms with van der Waals surface area (Å²) in [5, 5.41) is 18.4. The summed E-state index contributed by atoms with van der Waals surface area (Å²) in [6.45, 7) is 0. The highest BCUT2D eigenvalue weighted by Crippen LogP contribution is 2.35. The normalized spacial score (nSPS) is 9.85. The van der Waals surface area contributed by atoms with Crippen LogP contribution in [0.2, 0.25) is 0 Å². The Kier molecular flexibility index (Phi) is 18.2. The standard InChI is InChI=1S/2C19H22O6.2H2O/c2*1-22-15-6-5-12(8-16(15)23-2)7-13-9-17(24-3)18(25-4)10-14(13)11-19(20)21;;/h2*5-6,8-10H,7,11H2,1-4H3,(H,20,21);2*1H2. The van der Waals surface area contributed by atoms with Crippen LogP contribution in [0.1, 0.15) is 33.4 Å². The molecule has 0 spiro atoms. The van der Waals surface area contributed by atoms with Gasteiger partial charge in [0.05, 0.1) is 69.7 Å². The van der Waals surface area contributed by atoms with Crippen LogP contribution in [0.25, 0.3) is 0 Å². The van der Waals surface area contributed by atoms with Crippen molar-refractivity contribution in [2.75, 3.05) is 56.9 Å². The van der Waals surface area contributed by atoms with Gasteiger partial charge in [-0.05, 0) is 94.8 Å². The number of benzene rings is 4. The zero-order chi connectivity index (χ0) is 36.8. The van der Waals surface area contributed by atoms with Crippen LogP contribution in [0, 0.1) is 0 Å². The molecule has 6 N–H and O–H groups in total. The fourth-order valence-electron chi connectivity index (χ4n) is 5.33. The third-order valence-electron chi connectivity index (χ3n) is 7.78. The van der Waals surface area contributed by atoms with Crippen molar-refractivity contribution in [3.63, 3.8) is 0 Å². The highest BCUT2D eigenvalue weighted by atomic mass is 16.5. The molecule has 0 heterocycles. The Labute approximate surface area is 302 Å². The van der Waals surface area contributed by atoms with E-state index in [-0.39, 0.29) is 23.8 Å². The zero-order valence-electron chi connectivity index (χ0n) is 30.6. The van der Waals surface area contributed by atoms with Gasteiger partial charge in [-0.3, -0.25) is 9.59 Å². The summed E-state index contributed by atoms with van der Waals surface area (Å²) >= 11 is 0. The van der Waals surface area contributed by atoms with E-state index in [1.807, 2.05) is 48.5 Å². The van der Waals surface area contributed by atoms with Gasteiger partial charge in [0.15, 0.2) is 46.0 Å². The topological polar surface area (TPSA) is 211 Å². The number of rotatable bonds is 16. The minimum Gasteiger partial charge on any atom is -0.493 e. The van der Waals surface area contributed by atoms with Crippen LogP contribution in [-0.4, -0.2) is 90.0 Å². The van der Waals surface area contributed by atoms with Crippen molar-refractivity contribution in [3.05, 3.63) is 94.0 Å². The number of methoxy groups -OCH3 is 8. The van der Waals surface area contributed by atoms with Crippen LogP contribution in [0.5, 0.6) is 46.0 Å². The van der Waals surface area contributed by atoms with Gasteiger partial charge in [0.25, 0.3) is 0 Å². The SMILES string of the molecule is COc1ccc(Cc2cc(OC)c(OC)cc2CC(=O)O)cc1OC.COc1ccc(Cc2cc(OC)c(OC)cc2CC(=O)O)cc1OC.O.O. The summed E-state index contributed by atoms with van der Waals surface area (Å²) in [4.78, 5) is 22.4. The highest BCUT2D eigenvalue weighted by Gasteiger charge is 2.17. The second-order valence-corrected chi connectivity index (χ2v) is 10.8. The predicted octanol–water partition coefficient (Wildman–Crippen LogP) is 4.23. The van der Waals surface area contributed by atoms with Gasteiger partial charge in [0, 0.05) is 0 Å². The van der Waals surface area contributed by atoms with Gasteiger partial charge in [-0.25, -0.2) is 0 Å². The number of hydrogen-bond donors (Lipinski definition) is 2. The van der Waals surface area contributed by atoms with E-state index >= 15 is 0 Å². The van der Waals surface area contributed by atoms with Crippen LogP contribution in [0.4, 0.5) is 0 Å². The molecule has 284 valence electrons. The Morgan fingerprint density at radius 3 is 0.904 bits per heavy atom. The molecule has 4 aromatic carbocycles. The lowest BCUT2D eigenvalue weighted by atomic mass is 9.96. The first-order valence-corrected chi connectivity index (χ1v) is 15.4. The molecule has 0 aliphatic heterocycles. The Morgan fingerprint density at radius 1 is 0.404 bits per heavy atom. The first kappa shape index (κ1) is 44.2. The van der Waals surface area contributed by atoms with Gasteiger partial charge in [0.2, 0.25) is 0 Å². The summed E-state index contributed by atoms with van der Waals surface area (Å²) in [5.74, 6) is 2.87. The van der Waals surface area contributed by atoms with Gasteiger partial charge < -0.3 is 59.1 Å². The molecule has 14 heteroatoms. The summed E-state index contributed by atoms with van der Waals surface area (Å²) in [6.07, 6.45) is 0.874. The molecule has 0 aliphatic carbocycles. The molecule has 0 saturated carbocycles. The fourth-order valence-corrected chi connectivity index (χ4v) is 5.33. The molecule has 0 aromatic heterocycles. The van der Waals surface area contributed by atoms with E-state index in [1.54, 1.807) is 54.8 Å². The molecule has 4 aromatic rings. The van der Waals surface area contributed by atoms with Gasteiger partial charge in [-0.15, -0.1) is 0 Å². The molecule has 0 unspecified atom stereocenters. The van der Waals surface area contributed by atoms with Crippen LogP contribution >= 0.6 is 0 Å². The Hall–Kier alpha value is -5.86. The van der Waals surface area contributed by atoms with Gasteiger partial charge in [-0.2, -0.15) is 0 Å². The average molecular weight is 729 g/mol. The van der Waals surface area contributed by atoms with Crippen molar-refractivity contribution >= 4 is 11.9 Å². The van der Waals surface area contributed by atoms with Crippen molar-refractivity contribution < 1.29 is 68.6 Å². The Balaban J connectivity index is 0.000000501. The van der Waals surface area contributed by atoms with Gasteiger partial charge >= 0.3 is 11.9 Å². The van der Waals surface area contributed by atoms with Crippen molar-refractivity contribution in [1.29, 1.82) is 0 Å². The molecular weight excluding hydrogens is 680 g/mol. The smallest absolute Gasteiger partial charge is 0.307 e. The van der Waals surface area contributed by atoms with Crippen LogP contribution in [-0.2, 0) is 35.3 Å². The fraction of sp³-hybridized carbons (Fsp3) is 0.316. The number of carboxylic acids is 2. The van der Waals surface area contributed by atoms with Gasteiger partial charge in [-0.1, -0.05) is 12.1 Å². The molecule has 0 saturated heterocycles. The van der Waals surface area contributed by atoms with Gasteiger partial charge in [0.1, 0.15) is 0 Å². The molecule has 4 rings (SSSR count). The van der Waals surface area contributed by atoms with E-state index in [2.05, 4.69) is 0 Å². The number of aliphatic carboxylic acids is 2. The molecule has 0 bridgehead atoms. The molecule has 0 atom stereocenters. The maximum atomic E-state index is 11.2. The molecule has 0 aliphatic rings.